The molecule has 3 aliphatic rings. The maximum atomic E-state index is 11.5. The van der Waals surface area contributed by atoms with Crippen molar-refractivity contribution in [3.8, 4) is 0 Å². The fourth-order valence-corrected chi connectivity index (χ4v) is 5.56. The van der Waals surface area contributed by atoms with E-state index in [2.05, 4.69) is 11.8 Å². The molecule has 3 nitrogen and oxygen atoms in total. The molecule has 0 aromatic heterocycles. The van der Waals surface area contributed by atoms with Gasteiger partial charge in [-0.25, -0.2) is 0 Å². The van der Waals surface area contributed by atoms with E-state index in [0.29, 0.717) is 6.42 Å². The SMILES string of the molecule is COC(=O)CC1(CSC2CCOC3(CCCCC3)C2)CC1. The zero-order valence-electron chi connectivity index (χ0n) is 13.2. The molecule has 0 amide bonds. The third kappa shape index (κ3) is 3.95. The molecule has 1 unspecified atom stereocenters. The van der Waals surface area contributed by atoms with E-state index in [1.165, 1.54) is 64.9 Å². The number of methoxy groups -OCH3 is 1. The highest BCUT2D eigenvalue weighted by Crippen LogP contribution is 2.53. The summed E-state index contributed by atoms with van der Waals surface area (Å²) in [6, 6.07) is 0. The Kier molecular flexibility index (Phi) is 4.84. The molecule has 0 radical (unpaired) electrons. The van der Waals surface area contributed by atoms with Crippen molar-refractivity contribution in [3.05, 3.63) is 0 Å². The standard InChI is InChI=1S/C17H28O3S/c1-19-15(18)12-16(8-9-16)13-21-14-5-10-20-17(11-14)6-3-2-4-7-17/h14H,2-13H2,1H3. The molecule has 0 aromatic carbocycles. The van der Waals surface area contributed by atoms with Crippen LogP contribution in [0.3, 0.4) is 0 Å². The predicted molar refractivity (Wildman–Crippen MR) is 85.5 cm³/mol. The minimum atomic E-state index is -0.0381. The number of hydrogen-bond donors (Lipinski definition) is 0. The summed E-state index contributed by atoms with van der Waals surface area (Å²) >= 11 is 2.10. The van der Waals surface area contributed by atoms with Crippen LogP contribution in [0.5, 0.6) is 0 Å². The van der Waals surface area contributed by atoms with Gasteiger partial charge in [-0.05, 0) is 49.7 Å². The maximum Gasteiger partial charge on any atom is 0.306 e. The van der Waals surface area contributed by atoms with Crippen LogP contribution < -0.4 is 0 Å². The van der Waals surface area contributed by atoms with Gasteiger partial charge in [-0.15, -0.1) is 0 Å². The third-order valence-electron chi connectivity index (χ3n) is 5.54. The number of thioether (sulfide) groups is 1. The molecule has 1 spiro atoms. The van der Waals surface area contributed by atoms with Gasteiger partial charge in [0.2, 0.25) is 0 Å². The van der Waals surface area contributed by atoms with E-state index in [1.54, 1.807) is 0 Å². The van der Waals surface area contributed by atoms with Crippen LogP contribution in [0.1, 0.15) is 64.2 Å². The van der Waals surface area contributed by atoms with Gasteiger partial charge in [0, 0.05) is 11.9 Å². The Bertz CT molecular complexity index is 367. The van der Waals surface area contributed by atoms with Crippen LogP contribution in [-0.4, -0.2) is 36.3 Å². The molecule has 1 atom stereocenters. The van der Waals surface area contributed by atoms with E-state index >= 15 is 0 Å². The van der Waals surface area contributed by atoms with Gasteiger partial charge in [-0.2, -0.15) is 11.8 Å². The topological polar surface area (TPSA) is 35.5 Å². The fraction of sp³-hybridized carbons (Fsp3) is 0.941. The molecule has 4 heteroatoms. The van der Waals surface area contributed by atoms with Crippen LogP contribution in [0.4, 0.5) is 0 Å². The first-order valence-corrected chi connectivity index (χ1v) is 9.53. The first kappa shape index (κ1) is 15.7. The van der Waals surface area contributed by atoms with Crippen molar-refractivity contribution in [2.75, 3.05) is 19.5 Å². The highest BCUT2D eigenvalue weighted by atomic mass is 32.2. The molecule has 1 saturated heterocycles. The molecule has 2 aliphatic carbocycles. The van der Waals surface area contributed by atoms with E-state index in [0.717, 1.165) is 17.6 Å². The molecule has 21 heavy (non-hydrogen) atoms. The normalized spacial score (nSPS) is 30.0. The monoisotopic (exact) mass is 312 g/mol. The quantitative estimate of drug-likeness (QED) is 0.720. The smallest absolute Gasteiger partial charge is 0.306 e. The molecule has 2 saturated carbocycles. The molecule has 1 heterocycles. The number of hydrogen-bond acceptors (Lipinski definition) is 4. The van der Waals surface area contributed by atoms with Crippen molar-refractivity contribution in [1.29, 1.82) is 0 Å². The number of carbonyl (C=O) groups is 1. The van der Waals surface area contributed by atoms with Crippen LogP contribution in [0.2, 0.25) is 0 Å². The van der Waals surface area contributed by atoms with Crippen LogP contribution in [0.15, 0.2) is 0 Å². The second-order valence-electron chi connectivity index (χ2n) is 7.27. The molecule has 0 bridgehead atoms. The van der Waals surface area contributed by atoms with Crippen molar-refractivity contribution in [1.82, 2.24) is 0 Å². The van der Waals surface area contributed by atoms with E-state index in [4.69, 9.17) is 9.47 Å². The Hall–Kier alpha value is -0.220. The van der Waals surface area contributed by atoms with Gasteiger partial charge in [-0.1, -0.05) is 19.3 Å². The minimum absolute atomic E-state index is 0.0381. The van der Waals surface area contributed by atoms with Gasteiger partial charge in [0.25, 0.3) is 0 Å². The molecule has 0 N–H and O–H groups in total. The number of carbonyl (C=O) groups excluding carboxylic acids is 1. The van der Waals surface area contributed by atoms with Crippen molar-refractivity contribution in [3.63, 3.8) is 0 Å². The van der Waals surface area contributed by atoms with E-state index in [9.17, 15) is 4.79 Å². The Morgan fingerprint density at radius 1 is 1.24 bits per heavy atom. The number of ether oxygens (including phenoxy) is 2. The summed E-state index contributed by atoms with van der Waals surface area (Å²) in [6.45, 7) is 0.932. The Morgan fingerprint density at radius 3 is 2.67 bits per heavy atom. The second kappa shape index (κ2) is 6.49. The Morgan fingerprint density at radius 2 is 2.00 bits per heavy atom. The summed E-state index contributed by atoms with van der Waals surface area (Å²) in [5.74, 6) is 1.09. The van der Waals surface area contributed by atoms with E-state index in [-0.39, 0.29) is 17.0 Å². The minimum Gasteiger partial charge on any atom is -0.469 e. The van der Waals surface area contributed by atoms with Crippen LogP contribution in [-0.2, 0) is 14.3 Å². The van der Waals surface area contributed by atoms with Gasteiger partial charge in [0.15, 0.2) is 0 Å². The fourth-order valence-electron chi connectivity index (χ4n) is 3.89. The number of rotatable bonds is 5. The van der Waals surface area contributed by atoms with Gasteiger partial charge in [0.05, 0.1) is 19.1 Å². The van der Waals surface area contributed by atoms with Crippen molar-refractivity contribution < 1.29 is 14.3 Å². The first-order valence-electron chi connectivity index (χ1n) is 8.48. The Balaban J connectivity index is 1.48. The molecule has 0 aromatic rings. The van der Waals surface area contributed by atoms with Crippen molar-refractivity contribution >= 4 is 17.7 Å². The van der Waals surface area contributed by atoms with Gasteiger partial charge in [-0.3, -0.25) is 4.79 Å². The molecule has 3 rings (SSSR count). The van der Waals surface area contributed by atoms with Gasteiger partial charge in [0.1, 0.15) is 0 Å². The lowest BCUT2D eigenvalue weighted by Gasteiger charge is -2.43. The average molecular weight is 312 g/mol. The summed E-state index contributed by atoms with van der Waals surface area (Å²) in [5, 5.41) is 0.729. The average Bonchev–Trinajstić information content (AvgIpc) is 3.26. The zero-order valence-corrected chi connectivity index (χ0v) is 14.0. The highest BCUT2D eigenvalue weighted by molar-refractivity contribution is 7.99. The molecule has 3 fully saturated rings. The largest absolute Gasteiger partial charge is 0.469 e. The summed E-state index contributed by atoms with van der Waals surface area (Å²) in [6.07, 6.45) is 12.0. The lowest BCUT2D eigenvalue weighted by molar-refractivity contribution is -0.141. The van der Waals surface area contributed by atoms with Crippen LogP contribution in [0, 0.1) is 5.41 Å². The van der Waals surface area contributed by atoms with Gasteiger partial charge < -0.3 is 9.47 Å². The first-order chi connectivity index (χ1) is 10.2. The van der Waals surface area contributed by atoms with E-state index in [1.807, 2.05) is 0 Å². The summed E-state index contributed by atoms with van der Waals surface area (Å²) in [4.78, 5) is 11.5. The lowest BCUT2D eigenvalue weighted by Crippen LogP contribution is -2.42. The maximum absolute atomic E-state index is 11.5. The predicted octanol–water partition coefficient (Wildman–Crippen LogP) is 3.94. The van der Waals surface area contributed by atoms with Crippen LogP contribution >= 0.6 is 11.8 Å². The molecule has 1 aliphatic heterocycles. The summed E-state index contributed by atoms with van der Waals surface area (Å²) in [5.41, 5.74) is 0.461. The second-order valence-corrected chi connectivity index (χ2v) is 8.56. The van der Waals surface area contributed by atoms with Crippen molar-refractivity contribution in [2.24, 2.45) is 5.41 Å². The summed E-state index contributed by atoms with van der Waals surface area (Å²) < 4.78 is 11.0. The van der Waals surface area contributed by atoms with Crippen molar-refractivity contribution in [2.45, 2.75) is 75.1 Å². The summed E-state index contributed by atoms with van der Waals surface area (Å²) in [7, 11) is 1.50. The zero-order chi connectivity index (χ0) is 14.8. The molecular weight excluding hydrogens is 284 g/mol. The lowest BCUT2D eigenvalue weighted by atomic mass is 9.80. The number of esters is 1. The highest BCUT2D eigenvalue weighted by Gasteiger charge is 2.46. The Labute approximate surface area is 132 Å². The third-order valence-corrected chi connectivity index (χ3v) is 7.19. The molecular formula is C17H28O3S. The van der Waals surface area contributed by atoms with Gasteiger partial charge >= 0.3 is 5.97 Å². The van der Waals surface area contributed by atoms with Crippen LogP contribution in [0.25, 0.3) is 0 Å². The molecule has 120 valence electrons. The van der Waals surface area contributed by atoms with E-state index < -0.39 is 0 Å².